The Balaban J connectivity index is 2.10. The summed E-state index contributed by atoms with van der Waals surface area (Å²) in [5, 5.41) is 9.87. The SMILES string of the molecule is O=C1C[C@@H]([C@@H](O)c2ccc(F)cc2)CO1. The lowest BCUT2D eigenvalue weighted by molar-refractivity contribution is -0.137. The average Bonchev–Trinajstić information content (AvgIpc) is 2.65. The molecule has 0 aliphatic carbocycles. The van der Waals surface area contributed by atoms with Crippen LogP contribution in [0.25, 0.3) is 0 Å². The van der Waals surface area contributed by atoms with Crippen molar-refractivity contribution in [2.75, 3.05) is 6.61 Å². The van der Waals surface area contributed by atoms with Crippen LogP contribution in [0.5, 0.6) is 0 Å². The van der Waals surface area contributed by atoms with Crippen LogP contribution in [-0.2, 0) is 9.53 Å². The molecule has 1 saturated heterocycles. The van der Waals surface area contributed by atoms with Crippen LogP contribution < -0.4 is 0 Å². The third-order valence-electron chi connectivity index (χ3n) is 2.55. The van der Waals surface area contributed by atoms with Crippen molar-refractivity contribution in [3.63, 3.8) is 0 Å². The molecule has 0 radical (unpaired) electrons. The first-order valence-corrected chi connectivity index (χ1v) is 4.76. The van der Waals surface area contributed by atoms with Crippen LogP contribution in [0.3, 0.4) is 0 Å². The van der Waals surface area contributed by atoms with Crippen molar-refractivity contribution in [2.24, 2.45) is 5.92 Å². The standard InChI is InChI=1S/C11H11FO3/c12-9-3-1-7(2-4-9)11(14)8-5-10(13)15-6-8/h1-4,8,11,14H,5-6H2/t8-,11+/m1/s1. The number of carbonyl (C=O) groups excluding carboxylic acids is 1. The molecular weight excluding hydrogens is 199 g/mol. The molecule has 1 aliphatic rings. The van der Waals surface area contributed by atoms with E-state index in [2.05, 4.69) is 0 Å². The van der Waals surface area contributed by atoms with Crippen LogP contribution in [0.2, 0.25) is 0 Å². The Labute approximate surface area is 86.5 Å². The average molecular weight is 210 g/mol. The van der Waals surface area contributed by atoms with E-state index in [1.54, 1.807) is 0 Å². The summed E-state index contributed by atoms with van der Waals surface area (Å²) in [6.07, 6.45) is -0.546. The lowest BCUT2D eigenvalue weighted by atomic mass is 9.95. The molecule has 1 aromatic rings. The van der Waals surface area contributed by atoms with E-state index in [4.69, 9.17) is 4.74 Å². The number of hydrogen-bond acceptors (Lipinski definition) is 3. The number of esters is 1. The molecule has 1 aliphatic heterocycles. The molecule has 1 heterocycles. The van der Waals surface area contributed by atoms with Crippen molar-refractivity contribution in [1.82, 2.24) is 0 Å². The van der Waals surface area contributed by atoms with Crippen molar-refractivity contribution in [3.8, 4) is 0 Å². The van der Waals surface area contributed by atoms with Crippen LogP contribution >= 0.6 is 0 Å². The normalized spacial score (nSPS) is 22.5. The Morgan fingerprint density at radius 2 is 2.07 bits per heavy atom. The summed E-state index contributed by atoms with van der Waals surface area (Å²) < 4.78 is 17.4. The van der Waals surface area contributed by atoms with Crippen LogP contribution in [0, 0.1) is 11.7 Å². The van der Waals surface area contributed by atoms with Gasteiger partial charge in [-0.3, -0.25) is 4.79 Å². The highest BCUT2D eigenvalue weighted by Crippen LogP contribution is 2.29. The maximum absolute atomic E-state index is 12.6. The molecule has 1 aromatic carbocycles. The predicted octanol–water partition coefficient (Wildman–Crippen LogP) is 1.42. The molecule has 1 N–H and O–H groups in total. The summed E-state index contributed by atoms with van der Waals surface area (Å²) in [5.41, 5.74) is 0.611. The summed E-state index contributed by atoms with van der Waals surface area (Å²) in [5.74, 6) is -0.853. The predicted molar refractivity (Wildman–Crippen MR) is 50.4 cm³/mol. The zero-order valence-electron chi connectivity index (χ0n) is 8.02. The van der Waals surface area contributed by atoms with E-state index in [0.29, 0.717) is 5.56 Å². The molecule has 4 heteroatoms. The molecule has 0 saturated carbocycles. The van der Waals surface area contributed by atoms with Gasteiger partial charge in [0, 0.05) is 5.92 Å². The summed E-state index contributed by atoms with van der Waals surface area (Å²) >= 11 is 0. The van der Waals surface area contributed by atoms with Gasteiger partial charge in [0.15, 0.2) is 0 Å². The van der Waals surface area contributed by atoms with E-state index in [0.717, 1.165) is 0 Å². The lowest BCUT2D eigenvalue weighted by Gasteiger charge is -2.15. The smallest absolute Gasteiger partial charge is 0.306 e. The largest absolute Gasteiger partial charge is 0.465 e. The maximum atomic E-state index is 12.6. The summed E-state index contributed by atoms with van der Waals surface area (Å²) in [6.45, 7) is 0.234. The van der Waals surface area contributed by atoms with Gasteiger partial charge >= 0.3 is 5.97 Å². The summed E-state index contributed by atoms with van der Waals surface area (Å²) in [7, 11) is 0. The van der Waals surface area contributed by atoms with Gasteiger partial charge in [-0.05, 0) is 17.7 Å². The molecule has 2 rings (SSSR count). The van der Waals surface area contributed by atoms with Gasteiger partial charge in [-0.2, -0.15) is 0 Å². The van der Waals surface area contributed by atoms with Gasteiger partial charge in [0.05, 0.1) is 19.1 Å². The van der Waals surface area contributed by atoms with E-state index in [1.807, 2.05) is 0 Å². The van der Waals surface area contributed by atoms with Gasteiger partial charge in [-0.1, -0.05) is 12.1 Å². The second-order valence-electron chi connectivity index (χ2n) is 3.64. The fraction of sp³-hybridized carbons (Fsp3) is 0.364. The van der Waals surface area contributed by atoms with Gasteiger partial charge in [0.2, 0.25) is 0 Å². The third kappa shape index (κ3) is 2.15. The summed E-state index contributed by atoms with van der Waals surface area (Å²) in [6, 6.07) is 5.61. The molecule has 80 valence electrons. The first kappa shape index (κ1) is 10.1. The number of hydrogen-bond donors (Lipinski definition) is 1. The molecule has 0 bridgehead atoms. The number of benzene rings is 1. The Bertz CT molecular complexity index is 361. The van der Waals surface area contributed by atoms with Gasteiger partial charge in [-0.15, -0.1) is 0 Å². The zero-order chi connectivity index (χ0) is 10.8. The molecule has 0 unspecified atom stereocenters. The second kappa shape index (κ2) is 3.98. The Hall–Kier alpha value is -1.42. The lowest BCUT2D eigenvalue weighted by Crippen LogP contribution is -2.12. The van der Waals surface area contributed by atoms with E-state index in [9.17, 15) is 14.3 Å². The maximum Gasteiger partial charge on any atom is 0.306 e. The molecule has 1 fully saturated rings. The van der Waals surface area contributed by atoms with Crippen LogP contribution in [-0.4, -0.2) is 17.7 Å². The van der Waals surface area contributed by atoms with Gasteiger partial charge in [0.1, 0.15) is 5.82 Å². The van der Waals surface area contributed by atoms with Crippen molar-refractivity contribution in [3.05, 3.63) is 35.6 Å². The third-order valence-corrected chi connectivity index (χ3v) is 2.55. The number of halogens is 1. The van der Waals surface area contributed by atoms with Gasteiger partial charge in [-0.25, -0.2) is 4.39 Å². The number of rotatable bonds is 2. The van der Waals surface area contributed by atoms with Crippen LogP contribution in [0.15, 0.2) is 24.3 Å². The quantitative estimate of drug-likeness (QED) is 0.751. The first-order valence-electron chi connectivity index (χ1n) is 4.76. The van der Waals surface area contributed by atoms with Crippen molar-refractivity contribution < 1.29 is 19.0 Å². The minimum atomic E-state index is -0.767. The first-order chi connectivity index (χ1) is 7.16. The number of cyclic esters (lactones) is 1. The minimum Gasteiger partial charge on any atom is -0.465 e. The van der Waals surface area contributed by atoms with E-state index in [1.165, 1.54) is 24.3 Å². The fourth-order valence-electron chi connectivity index (χ4n) is 1.67. The highest BCUT2D eigenvalue weighted by atomic mass is 19.1. The minimum absolute atomic E-state index is 0.219. The molecule has 0 amide bonds. The molecule has 0 spiro atoms. The van der Waals surface area contributed by atoms with Crippen molar-refractivity contribution in [1.29, 1.82) is 0 Å². The number of carbonyl (C=O) groups is 1. The van der Waals surface area contributed by atoms with E-state index >= 15 is 0 Å². The monoisotopic (exact) mass is 210 g/mol. The fourth-order valence-corrected chi connectivity index (χ4v) is 1.67. The van der Waals surface area contributed by atoms with Gasteiger partial charge < -0.3 is 9.84 Å². The molecule has 15 heavy (non-hydrogen) atoms. The molecule has 2 atom stereocenters. The van der Waals surface area contributed by atoms with E-state index < -0.39 is 6.10 Å². The molecule has 3 nitrogen and oxygen atoms in total. The molecular formula is C11H11FO3. The van der Waals surface area contributed by atoms with Crippen molar-refractivity contribution in [2.45, 2.75) is 12.5 Å². The number of aliphatic hydroxyl groups excluding tert-OH is 1. The Kier molecular flexibility index (Phi) is 2.68. The van der Waals surface area contributed by atoms with E-state index in [-0.39, 0.29) is 30.7 Å². The highest BCUT2D eigenvalue weighted by Gasteiger charge is 2.30. The number of aliphatic hydroxyl groups is 1. The Morgan fingerprint density at radius 3 is 2.60 bits per heavy atom. The van der Waals surface area contributed by atoms with Crippen molar-refractivity contribution >= 4 is 5.97 Å². The zero-order valence-corrected chi connectivity index (χ0v) is 8.02. The van der Waals surface area contributed by atoms with Gasteiger partial charge in [0.25, 0.3) is 0 Å². The number of ether oxygens (including phenoxy) is 1. The van der Waals surface area contributed by atoms with Crippen LogP contribution in [0.4, 0.5) is 4.39 Å². The second-order valence-corrected chi connectivity index (χ2v) is 3.64. The molecule has 0 aromatic heterocycles. The van der Waals surface area contributed by atoms with Crippen LogP contribution in [0.1, 0.15) is 18.1 Å². The Morgan fingerprint density at radius 1 is 1.40 bits per heavy atom. The highest BCUT2D eigenvalue weighted by molar-refractivity contribution is 5.71. The topological polar surface area (TPSA) is 46.5 Å². The summed E-state index contributed by atoms with van der Waals surface area (Å²) in [4.78, 5) is 10.9.